The molecule has 1 aliphatic rings. The number of likely N-dealkylation sites (N-methyl/N-ethyl adjacent to an activating group) is 1. The molecule has 0 aliphatic carbocycles. The van der Waals surface area contributed by atoms with Crippen LogP contribution in [-0.2, 0) is 9.47 Å². The molecule has 1 N–H and O–H groups in total. The standard InChI is InChI=1S/C13H28N2O2/c1-15(2)9-12-16-11-8-14-7-3-5-13-6-4-10-17-13/h13-14H,3-12H2,1-2H3. The third-order valence-corrected chi connectivity index (χ3v) is 3.01. The van der Waals surface area contributed by atoms with E-state index in [9.17, 15) is 0 Å². The summed E-state index contributed by atoms with van der Waals surface area (Å²) in [6.07, 6.45) is 5.45. The zero-order valence-corrected chi connectivity index (χ0v) is 11.4. The average Bonchev–Trinajstić information content (AvgIpc) is 2.79. The average molecular weight is 244 g/mol. The van der Waals surface area contributed by atoms with Crippen LogP contribution in [0.5, 0.6) is 0 Å². The molecule has 0 bridgehead atoms. The normalized spacial score (nSPS) is 20.3. The molecule has 1 unspecified atom stereocenters. The van der Waals surface area contributed by atoms with Crippen LogP contribution >= 0.6 is 0 Å². The van der Waals surface area contributed by atoms with Gasteiger partial charge < -0.3 is 19.7 Å². The van der Waals surface area contributed by atoms with Crippen molar-refractivity contribution < 1.29 is 9.47 Å². The fraction of sp³-hybridized carbons (Fsp3) is 1.00. The Morgan fingerprint density at radius 2 is 2.18 bits per heavy atom. The first-order valence-corrected chi connectivity index (χ1v) is 6.84. The topological polar surface area (TPSA) is 33.7 Å². The Hall–Kier alpha value is -0.160. The maximum atomic E-state index is 5.58. The third kappa shape index (κ3) is 8.55. The number of nitrogens with one attached hydrogen (secondary N) is 1. The molecular formula is C13H28N2O2. The Labute approximate surface area is 106 Å². The van der Waals surface area contributed by atoms with E-state index in [4.69, 9.17) is 9.47 Å². The van der Waals surface area contributed by atoms with Crippen LogP contribution in [0.4, 0.5) is 0 Å². The van der Waals surface area contributed by atoms with Gasteiger partial charge in [-0.2, -0.15) is 0 Å². The molecule has 1 atom stereocenters. The lowest BCUT2D eigenvalue weighted by Crippen LogP contribution is -2.24. The predicted octanol–water partition coefficient (Wildman–Crippen LogP) is 1.11. The summed E-state index contributed by atoms with van der Waals surface area (Å²) in [7, 11) is 4.12. The lowest BCUT2D eigenvalue weighted by molar-refractivity contribution is 0.101. The lowest BCUT2D eigenvalue weighted by atomic mass is 10.1. The number of ether oxygens (including phenoxy) is 2. The van der Waals surface area contributed by atoms with Crippen LogP contribution in [-0.4, -0.2) is 64.6 Å². The highest BCUT2D eigenvalue weighted by Crippen LogP contribution is 2.16. The molecule has 4 nitrogen and oxygen atoms in total. The zero-order valence-electron chi connectivity index (χ0n) is 11.4. The van der Waals surface area contributed by atoms with Crippen molar-refractivity contribution in [1.29, 1.82) is 0 Å². The van der Waals surface area contributed by atoms with Crippen molar-refractivity contribution in [3.63, 3.8) is 0 Å². The van der Waals surface area contributed by atoms with Crippen molar-refractivity contribution in [2.45, 2.75) is 31.8 Å². The summed E-state index contributed by atoms with van der Waals surface area (Å²) in [5, 5.41) is 3.40. The van der Waals surface area contributed by atoms with Crippen molar-refractivity contribution in [2.75, 3.05) is 53.6 Å². The van der Waals surface area contributed by atoms with Gasteiger partial charge in [-0.15, -0.1) is 0 Å². The maximum Gasteiger partial charge on any atom is 0.0593 e. The van der Waals surface area contributed by atoms with Crippen LogP contribution in [0.15, 0.2) is 0 Å². The molecule has 1 aliphatic heterocycles. The molecular weight excluding hydrogens is 216 g/mol. The molecule has 1 fully saturated rings. The van der Waals surface area contributed by atoms with Crippen molar-refractivity contribution in [3.05, 3.63) is 0 Å². The van der Waals surface area contributed by atoms with Gasteiger partial charge in [-0.1, -0.05) is 0 Å². The molecule has 0 aromatic rings. The first-order chi connectivity index (χ1) is 8.29. The maximum absolute atomic E-state index is 5.58. The summed E-state index contributed by atoms with van der Waals surface area (Å²) in [5.41, 5.74) is 0. The first-order valence-electron chi connectivity index (χ1n) is 6.84. The molecule has 0 amide bonds. The van der Waals surface area contributed by atoms with E-state index in [-0.39, 0.29) is 0 Å². The molecule has 1 rings (SSSR count). The van der Waals surface area contributed by atoms with Crippen LogP contribution < -0.4 is 5.32 Å². The second-order valence-corrected chi connectivity index (χ2v) is 4.94. The van der Waals surface area contributed by atoms with E-state index in [1.54, 1.807) is 0 Å². The highest BCUT2D eigenvalue weighted by Gasteiger charge is 2.13. The van der Waals surface area contributed by atoms with E-state index in [1.165, 1.54) is 25.7 Å². The monoisotopic (exact) mass is 244 g/mol. The van der Waals surface area contributed by atoms with Crippen LogP contribution in [0.1, 0.15) is 25.7 Å². The second-order valence-electron chi connectivity index (χ2n) is 4.94. The molecule has 0 aromatic carbocycles. The summed E-state index contributed by atoms with van der Waals surface area (Å²) >= 11 is 0. The van der Waals surface area contributed by atoms with E-state index in [0.29, 0.717) is 6.10 Å². The molecule has 0 saturated carbocycles. The Kier molecular flexibility index (Phi) is 8.61. The summed E-state index contributed by atoms with van der Waals surface area (Å²) in [6.45, 7) is 5.64. The Morgan fingerprint density at radius 1 is 1.29 bits per heavy atom. The van der Waals surface area contributed by atoms with E-state index in [1.807, 2.05) is 0 Å². The van der Waals surface area contributed by atoms with E-state index < -0.39 is 0 Å². The molecule has 17 heavy (non-hydrogen) atoms. The van der Waals surface area contributed by atoms with E-state index in [0.717, 1.165) is 39.5 Å². The minimum atomic E-state index is 0.535. The number of rotatable bonds is 10. The molecule has 0 radical (unpaired) electrons. The largest absolute Gasteiger partial charge is 0.379 e. The molecule has 4 heteroatoms. The second kappa shape index (κ2) is 9.83. The van der Waals surface area contributed by atoms with Gasteiger partial charge in [0.25, 0.3) is 0 Å². The summed E-state index contributed by atoms with van der Waals surface area (Å²) in [4.78, 5) is 2.13. The van der Waals surface area contributed by atoms with Gasteiger partial charge in [0, 0.05) is 19.7 Å². The SMILES string of the molecule is CN(C)CCOCCNCCCC1CCCO1. The smallest absolute Gasteiger partial charge is 0.0593 e. The zero-order chi connectivity index (χ0) is 12.3. The molecule has 102 valence electrons. The predicted molar refractivity (Wildman–Crippen MR) is 70.5 cm³/mol. The van der Waals surface area contributed by atoms with Gasteiger partial charge in [0.1, 0.15) is 0 Å². The summed E-state index contributed by atoms with van der Waals surface area (Å²) in [5.74, 6) is 0. The summed E-state index contributed by atoms with van der Waals surface area (Å²) < 4.78 is 11.1. The highest BCUT2D eigenvalue weighted by atomic mass is 16.5. The van der Waals surface area contributed by atoms with Gasteiger partial charge in [-0.3, -0.25) is 0 Å². The van der Waals surface area contributed by atoms with Crippen molar-refractivity contribution in [3.8, 4) is 0 Å². The highest BCUT2D eigenvalue weighted by molar-refractivity contribution is 4.65. The van der Waals surface area contributed by atoms with Crippen molar-refractivity contribution >= 4 is 0 Å². The quantitative estimate of drug-likeness (QED) is 0.584. The number of hydrogen-bond donors (Lipinski definition) is 1. The van der Waals surface area contributed by atoms with Crippen LogP contribution in [0.3, 0.4) is 0 Å². The minimum absolute atomic E-state index is 0.535. The summed E-state index contributed by atoms with van der Waals surface area (Å²) in [6, 6.07) is 0. The van der Waals surface area contributed by atoms with Gasteiger partial charge >= 0.3 is 0 Å². The Morgan fingerprint density at radius 3 is 2.88 bits per heavy atom. The Balaban J connectivity index is 1.72. The van der Waals surface area contributed by atoms with Crippen LogP contribution in [0.2, 0.25) is 0 Å². The fourth-order valence-electron chi connectivity index (χ4n) is 1.95. The van der Waals surface area contributed by atoms with Gasteiger partial charge in [0.05, 0.1) is 19.3 Å². The van der Waals surface area contributed by atoms with Crippen molar-refractivity contribution in [2.24, 2.45) is 0 Å². The number of nitrogens with zero attached hydrogens (tertiary/aromatic N) is 1. The molecule has 1 saturated heterocycles. The third-order valence-electron chi connectivity index (χ3n) is 3.01. The number of hydrogen-bond acceptors (Lipinski definition) is 4. The first kappa shape index (κ1) is 14.9. The Bertz CT molecular complexity index is 171. The van der Waals surface area contributed by atoms with Crippen molar-refractivity contribution in [1.82, 2.24) is 10.2 Å². The lowest BCUT2D eigenvalue weighted by Gasteiger charge is -2.11. The van der Waals surface area contributed by atoms with E-state index in [2.05, 4.69) is 24.3 Å². The molecule has 1 heterocycles. The van der Waals surface area contributed by atoms with Gasteiger partial charge in [0.15, 0.2) is 0 Å². The van der Waals surface area contributed by atoms with Crippen LogP contribution in [0.25, 0.3) is 0 Å². The van der Waals surface area contributed by atoms with Crippen LogP contribution in [0, 0.1) is 0 Å². The molecule has 0 spiro atoms. The van der Waals surface area contributed by atoms with Gasteiger partial charge in [-0.05, 0) is 46.3 Å². The van der Waals surface area contributed by atoms with Gasteiger partial charge in [-0.25, -0.2) is 0 Å². The fourth-order valence-corrected chi connectivity index (χ4v) is 1.95. The van der Waals surface area contributed by atoms with Gasteiger partial charge in [0.2, 0.25) is 0 Å². The minimum Gasteiger partial charge on any atom is -0.379 e. The van der Waals surface area contributed by atoms with E-state index >= 15 is 0 Å². The molecule has 0 aromatic heterocycles.